The summed E-state index contributed by atoms with van der Waals surface area (Å²) in [5.41, 5.74) is 0.267. The van der Waals surface area contributed by atoms with Gasteiger partial charge in [0, 0.05) is 48.5 Å². The van der Waals surface area contributed by atoms with Crippen molar-refractivity contribution in [1.82, 2.24) is 15.0 Å². The molecule has 0 bridgehead atoms. The number of nitrogens with one attached hydrogen (secondary N) is 2. The standard InChI is InChI=1S/C24H21F6N5O/c25-15-1-2-18(26)17(9-15)16-5-8-31-20(13-3-6-24(29,30)7-4-13)21(16)35-22(36)14-10-32-23(33-11-14)34-12-19(27)28/h1-2,5,8-11,13,19H,3-4,6-7,12H2,(H,35,36)(H,32,33,34). The Labute approximate surface area is 202 Å². The molecular formula is C24H21F6N5O. The van der Waals surface area contributed by atoms with Crippen LogP contribution in [0, 0.1) is 11.6 Å². The summed E-state index contributed by atoms with van der Waals surface area (Å²) in [6.07, 6.45) is 0.382. The molecule has 1 saturated carbocycles. The molecule has 0 atom stereocenters. The number of benzene rings is 1. The van der Waals surface area contributed by atoms with E-state index in [1.165, 1.54) is 12.3 Å². The molecular weight excluding hydrogens is 488 g/mol. The minimum absolute atomic E-state index is 0.0479. The van der Waals surface area contributed by atoms with E-state index in [2.05, 4.69) is 25.6 Å². The number of carbonyl (C=O) groups is 1. The third kappa shape index (κ3) is 5.92. The normalized spacial score (nSPS) is 15.6. The minimum Gasteiger partial charge on any atom is -0.348 e. The van der Waals surface area contributed by atoms with E-state index in [1.807, 2.05) is 0 Å². The highest BCUT2D eigenvalue weighted by molar-refractivity contribution is 6.06. The molecule has 1 fully saturated rings. The lowest BCUT2D eigenvalue weighted by molar-refractivity contribution is -0.0384. The van der Waals surface area contributed by atoms with E-state index < -0.39 is 42.4 Å². The number of aromatic nitrogens is 3. The molecule has 4 rings (SSSR count). The van der Waals surface area contributed by atoms with E-state index >= 15 is 0 Å². The van der Waals surface area contributed by atoms with Crippen molar-refractivity contribution in [3.05, 3.63) is 65.7 Å². The maximum Gasteiger partial charge on any atom is 0.258 e. The first-order valence-corrected chi connectivity index (χ1v) is 11.1. The van der Waals surface area contributed by atoms with Gasteiger partial charge < -0.3 is 10.6 Å². The fraction of sp³-hybridized carbons (Fsp3) is 0.333. The van der Waals surface area contributed by atoms with Gasteiger partial charge in [-0.2, -0.15) is 0 Å². The molecule has 1 aliphatic rings. The Bertz CT molecular complexity index is 1230. The number of halogens is 6. The second kappa shape index (κ2) is 10.5. The highest BCUT2D eigenvalue weighted by atomic mass is 19.3. The van der Waals surface area contributed by atoms with Gasteiger partial charge in [0.1, 0.15) is 11.6 Å². The van der Waals surface area contributed by atoms with Crippen LogP contribution in [0.5, 0.6) is 0 Å². The summed E-state index contributed by atoms with van der Waals surface area (Å²) in [6, 6.07) is 4.24. The molecule has 0 spiro atoms. The van der Waals surface area contributed by atoms with Gasteiger partial charge in [-0.1, -0.05) is 0 Å². The number of carbonyl (C=O) groups excluding carboxylic acids is 1. The molecule has 36 heavy (non-hydrogen) atoms. The zero-order valence-electron chi connectivity index (χ0n) is 18.7. The maximum atomic E-state index is 14.7. The van der Waals surface area contributed by atoms with Crippen molar-refractivity contribution in [3.8, 4) is 11.1 Å². The second-order valence-corrected chi connectivity index (χ2v) is 8.39. The Hall–Kier alpha value is -3.70. The summed E-state index contributed by atoms with van der Waals surface area (Å²) >= 11 is 0. The third-order valence-corrected chi connectivity index (χ3v) is 5.87. The van der Waals surface area contributed by atoms with Crippen LogP contribution in [0.4, 0.5) is 38.0 Å². The summed E-state index contributed by atoms with van der Waals surface area (Å²) in [4.78, 5) is 25.0. The average molecular weight is 509 g/mol. The van der Waals surface area contributed by atoms with E-state index in [0.29, 0.717) is 0 Å². The minimum atomic E-state index is -2.80. The Morgan fingerprint density at radius 3 is 2.39 bits per heavy atom. The van der Waals surface area contributed by atoms with E-state index in [4.69, 9.17) is 0 Å². The van der Waals surface area contributed by atoms with Gasteiger partial charge in [-0.3, -0.25) is 9.78 Å². The SMILES string of the molecule is O=C(Nc1c(-c2cc(F)ccc2F)ccnc1C1CCC(F)(F)CC1)c1cnc(NCC(F)F)nc1. The first kappa shape index (κ1) is 25.4. The number of anilines is 2. The lowest BCUT2D eigenvalue weighted by atomic mass is 9.83. The molecule has 0 radical (unpaired) electrons. The van der Waals surface area contributed by atoms with Crippen LogP contribution >= 0.6 is 0 Å². The lowest BCUT2D eigenvalue weighted by Gasteiger charge is -2.29. The van der Waals surface area contributed by atoms with Gasteiger partial charge in [0.05, 0.1) is 23.5 Å². The number of pyridine rings is 1. The van der Waals surface area contributed by atoms with Gasteiger partial charge in [0.15, 0.2) is 0 Å². The van der Waals surface area contributed by atoms with Crippen molar-refractivity contribution < 1.29 is 31.1 Å². The van der Waals surface area contributed by atoms with Crippen molar-refractivity contribution in [3.63, 3.8) is 0 Å². The molecule has 12 heteroatoms. The first-order valence-electron chi connectivity index (χ1n) is 11.1. The van der Waals surface area contributed by atoms with E-state index in [1.54, 1.807) is 0 Å². The molecule has 0 saturated heterocycles. The summed E-state index contributed by atoms with van der Waals surface area (Å²) in [7, 11) is 0. The molecule has 1 aromatic carbocycles. The molecule has 6 nitrogen and oxygen atoms in total. The summed E-state index contributed by atoms with van der Waals surface area (Å²) in [6.45, 7) is -0.673. The molecule has 2 aromatic heterocycles. The number of nitrogens with zero attached hydrogens (tertiary/aromatic N) is 3. The van der Waals surface area contributed by atoms with Gasteiger partial charge in [0.25, 0.3) is 12.3 Å². The molecule has 3 aromatic rings. The van der Waals surface area contributed by atoms with Gasteiger partial charge in [-0.15, -0.1) is 0 Å². The van der Waals surface area contributed by atoms with E-state index in [0.717, 1.165) is 30.6 Å². The van der Waals surface area contributed by atoms with Crippen LogP contribution in [0.15, 0.2) is 42.9 Å². The summed E-state index contributed by atoms with van der Waals surface area (Å²) < 4.78 is 80.9. The third-order valence-electron chi connectivity index (χ3n) is 5.87. The van der Waals surface area contributed by atoms with Crippen LogP contribution in [0.3, 0.4) is 0 Å². The van der Waals surface area contributed by atoms with Crippen molar-refractivity contribution in [2.24, 2.45) is 0 Å². The molecule has 0 unspecified atom stereocenters. The van der Waals surface area contributed by atoms with E-state index in [-0.39, 0.29) is 59.7 Å². The lowest BCUT2D eigenvalue weighted by Crippen LogP contribution is -2.25. The molecule has 1 aliphatic carbocycles. The van der Waals surface area contributed by atoms with Crippen LogP contribution in [0.1, 0.15) is 47.7 Å². The smallest absolute Gasteiger partial charge is 0.258 e. The zero-order valence-corrected chi connectivity index (χ0v) is 18.7. The Morgan fingerprint density at radius 1 is 1.03 bits per heavy atom. The quantitative estimate of drug-likeness (QED) is 0.380. The Morgan fingerprint density at radius 2 is 1.72 bits per heavy atom. The van der Waals surface area contributed by atoms with E-state index in [9.17, 15) is 31.1 Å². The fourth-order valence-corrected chi connectivity index (χ4v) is 4.05. The van der Waals surface area contributed by atoms with Gasteiger partial charge in [-0.05, 0) is 37.1 Å². The number of amides is 1. The van der Waals surface area contributed by atoms with Crippen LogP contribution in [-0.4, -0.2) is 39.8 Å². The summed E-state index contributed by atoms with van der Waals surface area (Å²) in [5.74, 6) is -5.56. The number of hydrogen-bond donors (Lipinski definition) is 2. The highest BCUT2D eigenvalue weighted by Crippen LogP contribution is 2.44. The van der Waals surface area contributed by atoms with Gasteiger partial charge in [0.2, 0.25) is 11.9 Å². The zero-order chi connectivity index (χ0) is 25.9. The topological polar surface area (TPSA) is 79.8 Å². The van der Waals surface area contributed by atoms with Crippen LogP contribution in [0.25, 0.3) is 11.1 Å². The Balaban J connectivity index is 1.69. The van der Waals surface area contributed by atoms with Gasteiger partial charge >= 0.3 is 0 Å². The Kier molecular flexibility index (Phi) is 7.41. The average Bonchev–Trinajstić information content (AvgIpc) is 2.85. The molecule has 2 heterocycles. The van der Waals surface area contributed by atoms with Crippen LogP contribution in [-0.2, 0) is 0 Å². The van der Waals surface area contributed by atoms with Crippen molar-refractivity contribution in [2.75, 3.05) is 17.2 Å². The molecule has 190 valence electrons. The van der Waals surface area contributed by atoms with Gasteiger partial charge in [-0.25, -0.2) is 36.3 Å². The van der Waals surface area contributed by atoms with Crippen molar-refractivity contribution in [1.29, 1.82) is 0 Å². The number of alkyl halides is 4. The number of rotatable bonds is 7. The number of hydrogen-bond acceptors (Lipinski definition) is 5. The predicted octanol–water partition coefficient (Wildman–Crippen LogP) is 6.04. The maximum absolute atomic E-state index is 14.7. The van der Waals surface area contributed by atoms with Crippen molar-refractivity contribution >= 4 is 17.5 Å². The largest absolute Gasteiger partial charge is 0.348 e. The fourth-order valence-electron chi connectivity index (χ4n) is 4.05. The molecule has 0 aliphatic heterocycles. The summed E-state index contributed by atoms with van der Waals surface area (Å²) in [5, 5.41) is 4.94. The van der Waals surface area contributed by atoms with Crippen LogP contribution < -0.4 is 10.6 Å². The molecule has 2 N–H and O–H groups in total. The van der Waals surface area contributed by atoms with Crippen LogP contribution in [0.2, 0.25) is 0 Å². The monoisotopic (exact) mass is 509 g/mol. The second-order valence-electron chi connectivity index (χ2n) is 8.39. The predicted molar refractivity (Wildman–Crippen MR) is 120 cm³/mol. The molecule has 1 amide bonds. The first-order chi connectivity index (χ1) is 17.1. The highest BCUT2D eigenvalue weighted by Gasteiger charge is 2.37. The van der Waals surface area contributed by atoms with Crippen molar-refractivity contribution in [2.45, 2.75) is 43.9 Å².